The van der Waals surface area contributed by atoms with Crippen LogP contribution in [0.4, 0.5) is 0 Å². The molecular formula is C14H18O. The predicted octanol–water partition coefficient (Wildman–Crippen LogP) is 3.27. The first kappa shape index (κ1) is 10.4. The normalized spacial score (nSPS) is 17.0. The second-order valence-corrected chi connectivity index (χ2v) is 4.18. The van der Waals surface area contributed by atoms with Crippen LogP contribution in [0.25, 0.3) is 0 Å². The minimum absolute atomic E-state index is 0.886. The Hall–Kier alpha value is -1.08. The van der Waals surface area contributed by atoms with Crippen LogP contribution in [0.3, 0.4) is 0 Å². The summed E-state index contributed by atoms with van der Waals surface area (Å²) >= 11 is 0. The van der Waals surface area contributed by atoms with Gasteiger partial charge in [0.1, 0.15) is 0 Å². The van der Waals surface area contributed by atoms with Crippen LogP contribution in [0.15, 0.2) is 35.9 Å². The summed E-state index contributed by atoms with van der Waals surface area (Å²) in [4.78, 5) is 0. The van der Waals surface area contributed by atoms with E-state index in [2.05, 4.69) is 37.3 Å². The second kappa shape index (κ2) is 5.13. The Bertz CT molecular complexity index is 352. The highest BCUT2D eigenvalue weighted by molar-refractivity contribution is 5.26. The molecule has 1 aliphatic heterocycles. The average Bonchev–Trinajstić information content (AvgIpc) is 2.46. The quantitative estimate of drug-likeness (QED) is 0.669. The second-order valence-electron chi connectivity index (χ2n) is 4.18. The average molecular weight is 202 g/mol. The van der Waals surface area contributed by atoms with Gasteiger partial charge < -0.3 is 4.74 Å². The molecule has 1 aromatic carbocycles. The Morgan fingerprint density at radius 1 is 1.27 bits per heavy atom. The topological polar surface area (TPSA) is 9.23 Å². The molecule has 0 saturated carbocycles. The molecule has 1 aromatic rings. The molecular weight excluding hydrogens is 184 g/mol. The van der Waals surface area contributed by atoms with Crippen LogP contribution < -0.4 is 0 Å². The SMILES string of the molecule is Cc1cccc(CC2=CCCOCC2)c1. The minimum Gasteiger partial charge on any atom is -0.381 e. The monoisotopic (exact) mass is 202 g/mol. The standard InChI is InChI=1S/C14H18O/c1-12-4-2-5-14(10-12)11-13-6-3-8-15-9-7-13/h2,4-6,10H,3,7-9,11H2,1H3. The van der Waals surface area contributed by atoms with Gasteiger partial charge in [-0.15, -0.1) is 0 Å². The van der Waals surface area contributed by atoms with Gasteiger partial charge in [0, 0.05) is 0 Å². The van der Waals surface area contributed by atoms with Crippen molar-refractivity contribution in [1.82, 2.24) is 0 Å². The highest BCUT2D eigenvalue weighted by atomic mass is 16.5. The highest BCUT2D eigenvalue weighted by Gasteiger charge is 2.03. The summed E-state index contributed by atoms with van der Waals surface area (Å²) in [7, 11) is 0. The lowest BCUT2D eigenvalue weighted by molar-refractivity contribution is 0.146. The molecule has 0 atom stereocenters. The molecule has 0 aromatic heterocycles. The molecule has 0 saturated heterocycles. The summed E-state index contributed by atoms with van der Waals surface area (Å²) in [6.45, 7) is 3.92. The summed E-state index contributed by atoms with van der Waals surface area (Å²) in [5.41, 5.74) is 4.29. The molecule has 2 rings (SSSR count). The van der Waals surface area contributed by atoms with E-state index >= 15 is 0 Å². The van der Waals surface area contributed by atoms with Gasteiger partial charge in [0.05, 0.1) is 13.2 Å². The van der Waals surface area contributed by atoms with E-state index in [1.54, 1.807) is 0 Å². The van der Waals surface area contributed by atoms with Crippen molar-refractivity contribution < 1.29 is 4.74 Å². The van der Waals surface area contributed by atoms with Crippen LogP contribution in [0.5, 0.6) is 0 Å². The number of aryl methyl sites for hydroxylation is 1. The van der Waals surface area contributed by atoms with E-state index in [0.29, 0.717) is 0 Å². The van der Waals surface area contributed by atoms with Gasteiger partial charge in [-0.05, 0) is 31.7 Å². The van der Waals surface area contributed by atoms with E-state index in [0.717, 1.165) is 32.5 Å². The van der Waals surface area contributed by atoms with Gasteiger partial charge in [-0.1, -0.05) is 41.5 Å². The number of hydrogen-bond donors (Lipinski definition) is 0. The summed E-state index contributed by atoms with van der Waals surface area (Å²) in [5, 5.41) is 0. The number of hydrogen-bond acceptors (Lipinski definition) is 1. The van der Waals surface area contributed by atoms with Crippen molar-refractivity contribution in [3.8, 4) is 0 Å². The molecule has 0 aliphatic carbocycles. The maximum absolute atomic E-state index is 5.43. The largest absolute Gasteiger partial charge is 0.381 e. The zero-order valence-corrected chi connectivity index (χ0v) is 9.33. The maximum Gasteiger partial charge on any atom is 0.0503 e. The van der Waals surface area contributed by atoms with Crippen molar-refractivity contribution >= 4 is 0 Å². The van der Waals surface area contributed by atoms with Gasteiger partial charge in [0.15, 0.2) is 0 Å². The highest BCUT2D eigenvalue weighted by Crippen LogP contribution is 2.15. The van der Waals surface area contributed by atoms with Crippen molar-refractivity contribution in [3.05, 3.63) is 47.0 Å². The lowest BCUT2D eigenvalue weighted by Crippen LogP contribution is -1.95. The van der Waals surface area contributed by atoms with E-state index in [9.17, 15) is 0 Å². The molecule has 0 fully saturated rings. The fraction of sp³-hybridized carbons (Fsp3) is 0.429. The van der Waals surface area contributed by atoms with Crippen LogP contribution in [0.2, 0.25) is 0 Å². The zero-order chi connectivity index (χ0) is 10.5. The third-order valence-electron chi connectivity index (χ3n) is 2.78. The van der Waals surface area contributed by atoms with Crippen molar-refractivity contribution in [2.75, 3.05) is 13.2 Å². The van der Waals surface area contributed by atoms with E-state index in [-0.39, 0.29) is 0 Å². The zero-order valence-electron chi connectivity index (χ0n) is 9.33. The number of benzene rings is 1. The number of ether oxygens (including phenoxy) is 1. The van der Waals surface area contributed by atoms with Crippen molar-refractivity contribution in [3.63, 3.8) is 0 Å². The van der Waals surface area contributed by atoms with Crippen LogP contribution in [0.1, 0.15) is 24.0 Å². The van der Waals surface area contributed by atoms with Gasteiger partial charge in [0.2, 0.25) is 0 Å². The van der Waals surface area contributed by atoms with Crippen molar-refractivity contribution in [1.29, 1.82) is 0 Å². The first-order valence-electron chi connectivity index (χ1n) is 5.66. The maximum atomic E-state index is 5.43. The molecule has 15 heavy (non-hydrogen) atoms. The van der Waals surface area contributed by atoms with E-state index < -0.39 is 0 Å². The lowest BCUT2D eigenvalue weighted by Gasteiger charge is -2.06. The van der Waals surface area contributed by atoms with Gasteiger partial charge in [0.25, 0.3) is 0 Å². The van der Waals surface area contributed by atoms with Crippen molar-refractivity contribution in [2.24, 2.45) is 0 Å². The van der Waals surface area contributed by atoms with E-state index in [1.165, 1.54) is 16.7 Å². The van der Waals surface area contributed by atoms with Crippen LogP contribution in [-0.4, -0.2) is 13.2 Å². The van der Waals surface area contributed by atoms with Gasteiger partial charge >= 0.3 is 0 Å². The predicted molar refractivity (Wildman–Crippen MR) is 63.0 cm³/mol. The Labute approximate surface area is 91.8 Å². The fourth-order valence-corrected chi connectivity index (χ4v) is 2.00. The van der Waals surface area contributed by atoms with Crippen LogP contribution in [0, 0.1) is 6.92 Å². The number of rotatable bonds is 2. The molecule has 1 heterocycles. The fourth-order valence-electron chi connectivity index (χ4n) is 2.00. The van der Waals surface area contributed by atoms with Gasteiger partial charge in [-0.2, -0.15) is 0 Å². The molecule has 0 spiro atoms. The molecule has 1 nitrogen and oxygen atoms in total. The molecule has 1 aliphatic rings. The minimum atomic E-state index is 0.886. The molecule has 0 N–H and O–H groups in total. The summed E-state index contributed by atoms with van der Waals surface area (Å²) in [6.07, 6.45) is 5.59. The van der Waals surface area contributed by atoms with E-state index in [1.807, 2.05) is 0 Å². The molecule has 0 radical (unpaired) electrons. The Morgan fingerprint density at radius 2 is 2.20 bits per heavy atom. The molecule has 80 valence electrons. The molecule has 0 unspecified atom stereocenters. The summed E-state index contributed by atoms with van der Waals surface area (Å²) in [6, 6.07) is 8.76. The third-order valence-corrected chi connectivity index (χ3v) is 2.78. The van der Waals surface area contributed by atoms with Crippen molar-refractivity contribution in [2.45, 2.75) is 26.2 Å². The molecule has 0 bridgehead atoms. The third kappa shape index (κ3) is 3.21. The first-order valence-corrected chi connectivity index (χ1v) is 5.66. The summed E-state index contributed by atoms with van der Waals surface area (Å²) < 4.78 is 5.43. The van der Waals surface area contributed by atoms with Gasteiger partial charge in [-0.25, -0.2) is 0 Å². The Balaban J connectivity index is 2.04. The Kier molecular flexibility index (Phi) is 3.57. The lowest BCUT2D eigenvalue weighted by atomic mass is 10.0. The van der Waals surface area contributed by atoms with Gasteiger partial charge in [-0.3, -0.25) is 0 Å². The Morgan fingerprint density at radius 3 is 3.07 bits per heavy atom. The summed E-state index contributed by atoms with van der Waals surface area (Å²) in [5.74, 6) is 0. The first-order chi connectivity index (χ1) is 7.34. The molecule has 1 heteroatoms. The van der Waals surface area contributed by atoms with Crippen LogP contribution >= 0.6 is 0 Å². The smallest absolute Gasteiger partial charge is 0.0503 e. The van der Waals surface area contributed by atoms with Crippen LogP contribution in [-0.2, 0) is 11.2 Å². The molecule has 0 amide bonds. The van der Waals surface area contributed by atoms with E-state index in [4.69, 9.17) is 4.74 Å².